The molecule has 3 N–H and O–H groups in total. The van der Waals surface area contributed by atoms with Crippen LogP contribution in [0.3, 0.4) is 0 Å². The summed E-state index contributed by atoms with van der Waals surface area (Å²) in [5, 5.41) is 15.3. The number of allylic oxidation sites excluding steroid dienone is 2. The molecule has 1 aliphatic heterocycles. The lowest BCUT2D eigenvalue weighted by Crippen LogP contribution is -2.60. The van der Waals surface area contributed by atoms with Gasteiger partial charge in [0.2, 0.25) is 10.0 Å². The Bertz CT molecular complexity index is 1250. The van der Waals surface area contributed by atoms with E-state index < -0.39 is 32.9 Å². The summed E-state index contributed by atoms with van der Waals surface area (Å²) in [5.41, 5.74) is 2.14. The first kappa shape index (κ1) is 24.0. The van der Waals surface area contributed by atoms with Crippen molar-refractivity contribution < 1.29 is 23.1 Å². The maximum atomic E-state index is 13.8. The number of hydrogen-bond donors (Lipinski definition) is 3. The number of nitrogens with one attached hydrogen (secondary N) is 2. The predicted octanol–water partition coefficient (Wildman–Crippen LogP) is 4.08. The average molecular weight is 502 g/mol. The van der Waals surface area contributed by atoms with Crippen LogP contribution in [0.4, 0.5) is 10.5 Å². The first-order chi connectivity index (χ1) is 16.2. The van der Waals surface area contributed by atoms with Crippen LogP contribution in [0.15, 0.2) is 72.8 Å². The van der Waals surface area contributed by atoms with Crippen molar-refractivity contribution in [3.05, 3.63) is 83.4 Å². The lowest BCUT2D eigenvalue weighted by atomic mass is 9.97. The number of aliphatic carboxylic acids is 1. The molecule has 0 aromatic heterocycles. The number of benzene rings is 2. The van der Waals surface area contributed by atoms with E-state index in [1.165, 1.54) is 6.08 Å². The number of anilines is 1. The van der Waals surface area contributed by atoms with Crippen LogP contribution >= 0.6 is 11.6 Å². The van der Waals surface area contributed by atoms with Crippen LogP contribution < -0.4 is 10.6 Å². The molecule has 4 rings (SSSR count). The zero-order valence-corrected chi connectivity index (χ0v) is 19.7. The third-order valence-corrected chi connectivity index (χ3v) is 8.58. The van der Waals surface area contributed by atoms with Crippen molar-refractivity contribution in [3.8, 4) is 0 Å². The van der Waals surface area contributed by atoms with Crippen LogP contribution in [0.5, 0.6) is 0 Å². The minimum absolute atomic E-state index is 0.0626. The Morgan fingerprint density at radius 3 is 2.41 bits per heavy atom. The van der Waals surface area contributed by atoms with Gasteiger partial charge in [0.1, 0.15) is 6.04 Å². The van der Waals surface area contributed by atoms with E-state index in [0.29, 0.717) is 17.1 Å². The molecular weight excluding hydrogens is 478 g/mol. The van der Waals surface area contributed by atoms with E-state index in [9.17, 15) is 23.1 Å². The van der Waals surface area contributed by atoms with E-state index in [4.69, 9.17) is 11.6 Å². The summed E-state index contributed by atoms with van der Waals surface area (Å²) in [4.78, 5) is 22.8. The predicted molar refractivity (Wildman–Crippen MR) is 131 cm³/mol. The number of halogens is 1. The van der Waals surface area contributed by atoms with Crippen LogP contribution in [0.2, 0.25) is 5.02 Å². The third-order valence-electron chi connectivity index (χ3n) is 5.95. The highest BCUT2D eigenvalue weighted by atomic mass is 35.5. The van der Waals surface area contributed by atoms with E-state index in [1.54, 1.807) is 36.4 Å². The van der Waals surface area contributed by atoms with Gasteiger partial charge >= 0.3 is 12.0 Å². The Morgan fingerprint density at radius 2 is 1.79 bits per heavy atom. The number of amides is 2. The number of hydrogen-bond acceptors (Lipinski definition) is 4. The highest BCUT2D eigenvalue weighted by Crippen LogP contribution is 2.36. The van der Waals surface area contributed by atoms with Crippen LogP contribution in [0.25, 0.3) is 5.57 Å². The summed E-state index contributed by atoms with van der Waals surface area (Å²) in [5.74, 6) is -1.21. The molecule has 1 saturated heterocycles. The van der Waals surface area contributed by atoms with Crippen LogP contribution in [-0.2, 0) is 14.8 Å². The lowest BCUT2D eigenvalue weighted by Gasteiger charge is -2.37. The molecule has 178 valence electrons. The fraction of sp³-hybridized carbons (Fsp3) is 0.250. The van der Waals surface area contributed by atoms with Gasteiger partial charge in [0.25, 0.3) is 0 Å². The quantitative estimate of drug-likeness (QED) is 0.551. The largest absolute Gasteiger partial charge is 0.480 e. The average Bonchev–Trinajstić information content (AvgIpc) is 3.33. The summed E-state index contributed by atoms with van der Waals surface area (Å²) in [6.07, 6.45) is 5.40. The molecular formula is C24H24ClN3O5S. The molecule has 0 saturated carbocycles. The standard InChI is InChI=1S/C24H24ClN3O5S/c25-19-8-10-20(11-9-19)26-23(31)27-24(34(32,33)28-16-4-7-21(28)22(29)30)14-12-18(13-15-24)17-5-2-1-3-6-17/h1-3,5-6,8-14,21H,4,7,15-16H2,(H,29,30)(H2,26,27,31)/t21-,24?/m0/s1. The molecule has 8 nitrogen and oxygen atoms in total. The molecule has 10 heteroatoms. The Balaban J connectivity index is 1.66. The summed E-state index contributed by atoms with van der Waals surface area (Å²) >= 11 is 5.89. The number of urea groups is 1. The van der Waals surface area contributed by atoms with Crippen LogP contribution in [0, 0.1) is 0 Å². The van der Waals surface area contributed by atoms with E-state index in [0.717, 1.165) is 15.4 Å². The Kier molecular flexibility index (Phi) is 6.79. The van der Waals surface area contributed by atoms with Crippen molar-refractivity contribution in [2.75, 3.05) is 11.9 Å². The summed E-state index contributed by atoms with van der Waals surface area (Å²) in [6, 6.07) is 13.9. The third kappa shape index (κ3) is 4.72. The van der Waals surface area contributed by atoms with Gasteiger partial charge in [-0.3, -0.25) is 4.79 Å². The van der Waals surface area contributed by atoms with Crippen molar-refractivity contribution in [2.45, 2.75) is 30.2 Å². The second kappa shape index (κ2) is 9.61. The molecule has 1 unspecified atom stereocenters. The van der Waals surface area contributed by atoms with Gasteiger partial charge in [-0.05, 0) is 54.3 Å². The molecule has 2 aromatic carbocycles. The van der Waals surface area contributed by atoms with Crippen molar-refractivity contribution >= 4 is 44.9 Å². The SMILES string of the molecule is O=C(Nc1ccc(Cl)cc1)NC1(S(=O)(=O)N2CCC[C@H]2C(=O)O)C=CC(c2ccccc2)=CC1. The Morgan fingerprint density at radius 1 is 1.09 bits per heavy atom. The monoisotopic (exact) mass is 501 g/mol. The second-order valence-corrected chi connectivity index (χ2v) is 10.7. The number of carboxylic acids is 1. The van der Waals surface area contributed by atoms with Crippen molar-refractivity contribution in [3.63, 3.8) is 0 Å². The van der Waals surface area contributed by atoms with E-state index >= 15 is 0 Å². The lowest BCUT2D eigenvalue weighted by molar-refractivity contribution is -0.140. The summed E-state index contributed by atoms with van der Waals surface area (Å²) in [7, 11) is -4.29. The Labute approximate surface area is 203 Å². The van der Waals surface area contributed by atoms with Gasteiger partial charge < -0.3 is 15.7 Å². The minimum Gasteiger partial charge on any atom is -0.480 e. The Hall–Kier alpha value is -3.14. The maximum absolute atomic E-state index is 13.8. The van der Waals surface area contributed by atoms with Crippen molar-refractivity contribution in [1.29, 1.82) is 0 Å². The van der Waals surface area contributed by atoms with Gasteiger partial charge in [-0.1, -0.05) is 54.1 Å². The molecule has 2 aliphatic rings. The van der Waals surface area contributed by atoms with Gasteiger partial charge in [-0.25, -0.2) is 13.2 Å². The van der Waals surface area contributed by atoms with Gasteiger partial charge in [-0.2, -0.15) is 4.31 Å². The first-order valence-corrected chi connectivity index (χ1v) is 12.6. The summed E-state index contributed by atoms with van der Waals surface area (Å²) < 4.78 is 28.6. The fourth-order valence-electron chi connectivity index (χ4n) is 4.19. The van der Waals surface area contributed by atoms with E-state index in [-0.39, 0.29) is 19.4 Å². The molecule has 0 bridgehead atoms. The van der Waals surface area contributed by atoms with Gasteiger partial charge in [0.15, 0.2) is 4.87 Å². The molecule has 2 atom stereocenters. The summed E-state index contributed by atoms with van der Waals surface area (Å²) in [6.45, 7) is 0.0740. The molecule has 1 fully saturated rings. The van der Waals surface area contributed by atoms with Crippen molar-refractivity contribution in [2.24, 2.45) is 0 Å². The second-order valence-electron chi connectivity index (χ2n) is 8.15. The maximum Gasteiger partial charge on any atom is 0.322 e. The fourth-order valence-corrected chi connectivity index (χ4v) is 6.39. The highest BCUT2D eigenvalue weighted by Gasteiger charge is 2.51. The molecule has 0 radical (unpaired) electrons. The molecule has 0 spiro atoms. The number of nitrogens with zero attached hydrogens (tertiary/aromatic N) is 1. The molecule has 2 aromatic rings. The van der Waals surface area contributed by atoms with Crippen LogP contribution in [0.1, 0.15) is 24.8 Å². The first-order valence-electron chi connectivity index (χ1n) is 10.8. The van der Waals surface area contributed by atoms with Gasteiger partial charge in [0, 0.05) is 23.7 Å². The molecule has 1 aliphatic carbocycles. The number of sulfonamides is 1. The zero-order valence-electron chi connectivity index (χ0n) is 18.1. The molecule has 1 heterocycles. The van der Waals surface area contributed by atoms with E-state index in [1.807, 2.05) is 30.3 Å². The number of rotatable bonds is 6. The number of carbonyl (C=O) groups is 2. The van der Waals surface area contributed by atoms with Crippen LogP contribution in [-0.4, -0.2) is 47.3 Å². The number of carboxylic acid groups (broad SMARTS) is 1. The normalized spacial score (nSPS) is 22.7. The molecule has 2 amide bonds. The van der Waals surface area contributed by atoms with E-state index in [2.05, 4.69) is 10.6 Å². The number of carbonyl (C=O) groups excluding carboxylic acids is 1. The van der Waals surface area contributed by atoms with Gasteiger partial charge in [-0.15, -0.1) is 0 Å². The van der Waals surface area contributed by atoms with Crippen molar-refractivity contribution in [1.82, 2.24) is 9.62 Å². The minimum atomic E-state index is -4.29. The molecule has 34 heavy (non-hydrogen) atoms. The zero-order chi connectivity index (χ0) is 24.3. The highest BCUT2D eigenvalue weighted by molar-refractivity contribution is 7.90. The van der Waals surface area contributed by atoms with Gasteiger partial charge in [0.05, 0.1) is 0 Å². The topological polar surface area (TPSA) is 116 Å². The smallest absolute Gasteiger partial charge is 0.322 e.